The topological polar surface area (TPSA) is 20.3 Å². The van der Waals surface area contributed by atoms with Gasteiger partial charge in [0, 0.05) is 10.0 Å². The van der Waals surface area contributed by atoms with E-state index in [4.69, 9.17) is 0 Å². The van der Waals surface area contributed by atoms with E-state index in [-0.39, 0.29) is 5.91 Å². The Morgan fingerprint density at radius 1 is 1.54 bits per heavy atom. The first-order valence-electron chi connectivity index (χ1n) is 4.00. The van der Waals surface area contributed by atoms with Gasteiger partial charge in [-0.15, -0.1) is 0 Å². The van der Waals surface area contributed by atoms with E-state index in [0.29, 0.717) is 8.73 Å². The van der Waals surface area contributed by atoms with Gasteiger partial charge in [-0.05, 0) is 33.1 Å². The fourth-order valence-electron chi connectivity index (χ4n) is 1.48. The average Bonchev–Trinajstić information content (AvgIpc) is 2.45. The van der Waals surface area contributed by atoms with E-state index in [1.807, 2.05) is 29.5 Å². The summed E-state index contributed by atoms with van der Waals surface area (Å²) < 4.78 is 2.91. The molecule has 2 rings (SSSR count). The predicted molar refractivity (Wildman–Crippen MR) is 58.3 cm³/mol. The van der Waals surface area contributed by atoms with Crippen LogP contribution < -0.4 is 0 Å². The maximum absolute atomic E-state index is 11.7. The summed E-state index contributed by atoms with van der Waals surface area (Å²) in [6.45, 7) is 2.78. The van der Waals surface area contributed by atoms with Gasteiger partial charge in [0.2, 0.25) is 0 Å². The third-order valence-electron chi connectivity index (χ3n) is 2.18. The molecular formula is C9H9BrNOP. The molecule has 2 nitrogen and oxygen atoms in total. The molecule has 0 bridgehead atoms. The first-order chi connectivity index (χ1) is 6.24. The Hall–Kier alpha value is -0.400. The van der Waals surface area contributed by atoms with E-state index in [0.717, 1.165) is 22.1 Å². The lowest BCUT2D eigenvalue weighted by molar-refractivity contribution is 0.0886. The normalized spacial score (nSPS) is 15.8. The molecule has 1 amide bonds. The number of halogens is 1. The quantitative estimate of drug-likeness (QED) is 0.709. The van der Waals surface area contributed by atoms with Gasteiger partial charge in [0.15, 0.2) is 0 Å². The zero-order valence-electron chi connectivity index (χ0n) is 7.17. The summed E-state index contributed by atoms with van der Waals surface area (Å²) >= 11 is 3.46. The van der Waals surface area contributed by atoms with Gasteiger partial charge in [0.05, 0.1) is 6.54 Å². The first-order valence-corrected chi connectivity index (χ1v) is 6.24. The number of carbonyl (C=O) groups is 1. The zero-order chi connectivity index (χ0) is 9.42. The standard InChI is InChI=1S/C9H9BrNOP/c1-13-11-5-7-6(9(11)12)3-2-4-8(7)10/h2-4,13H,5H2,1H3. The first kappa shape index (κ1) is 9.17. The molecule has 1 aliphatic heterocycles. The summed E-state index contributed by atoms with van der Waals surface area (Å²) in [7, 11) is 0.547. The van der Waals surface area contributed by atoms with Gasteiger partial charge >= 0.3 is 0 Å². The zero-order valence-corrected chi connectivity index (χ0v) is 9.76. The van der Waals surface area contributed by atoms with E-state index in [1.54, 1.807) is 0 Å². The van der Waals surface area contributed by atoms with Crippen molar-refractivity contribution in [3.05, 3.63) is 33.8 Å². The maximum Gasteiger partial charge on any atom is 0.257 e. The van der Waals surface area contributed by atoms with Crippen molar-refractivity contribution in [1.29, 1.82) is 0 Å². The van der Waals surface area contributed by atoms with Crippen LogP contribution in [0.5, 0.6) is 0 Å². The van der Waals surface area contributed by atoms with Crippen molar-refractivity contribution < 1.29 is 4.79 Å². The number of carbonyl (C=O) groups excluding carboxylic acids is 1. The van der Waals surface area contributed by atoms with Gasteiger partial charge in [-0.3, -0.25) is 4.79 Å². The molecule has 1 unspecified atom stereocenters. The lowest BCUT2D eigenvalue weighted by atomic mass is 10.1. The van der Waals surface area contributed by atoms with Crippen LogP contribution in [0.2, 0.25) is 0 Å². The highest BCUT2D eigenvalue weighted by Crippen LogP contribution is 2.33. The Balaban J connectivity index is 2.49. The second-order valence-corrected chi connectivity index (χ2v) is 4.72. The fraction of sp³-hybridized carbons (Fsp3) is 0.222. The molecule has 1 aromatic rings. The molecule has 0 saturated carbocycles. The smallest absolute Gasteiger partial charge is 0.257 e. The van der Waals surface area contributed by atoms with Crippen LogP contribution in [0.25, 0.3) is 0 Å². The van der Waals surface area contributed by atoms with Gasteiger partial charge in [-0.25, -0.2) is 0 Å². The summed E-state index contributed by atoms with van der Waals surface area (Å²) in [5.74, 6) is 0.164. The average molecular weight is 258 g/mol. The minimum absolute atomic E-state index is 0.164. The Bertz CT molecular complexity index is 367. The number of fused-ring (bicyclic) bond motifs is 1. The molecule has 0 saturated heterocycles. The molecule has 1 aromatic carbocycles. The monoisotopic (exact) mass is 257 g/mol. The van der Waals surface area contributed by atoms with Crippen molar-refractivity contribution in [1.82, 2.24) is 4.67 Å². The summed E-state index contributed by atoms with van der Waals surface area (Å²) in [5, 5.41) is 0. The number of amides is 1. The van der Waals surface area contributed by atoms with Crippen LogP contribution in [0.3, 0.4) is 0 Å². The van der Waals surface area contributed by atoms with Gasteiger partial charge in [-0.2, -0.15) is 0 Å². The molecule has 0 spiro atoms. The van der Waals surface area contributed by atoms with E-state index in [1.165, 1.54) is 0 Å². The molecule has 0 fully saturated rings. The number of rotatable bonds is 1. The fourth-order valence-corrected chi connectivity index (χ4v) is 2.61. The van der Waals surface area contributed by atoms with Crippen LogP contribution in [-0.2, 0) is 6.54 Å². The molecule has 0 aromatic heterocycles. The second-order valence-electron chi connectivity index (χ2n) is 2.88. The Morgan fingerprint density at radius 3 is 2.92 bits per heavy atom. The van der Waals surface area contributed by atoms with E-state index in [9.17, 15) is 4.79 Å². The van der Waals surface area contributed by atoms with Crippen molar-refractivity contribution >= 4 is 30.6 Å². The molecule has 1 aliphatic rings. The molecule has 0 radical (unpaired) electrons. The molecule has 4 heteroatoms. The van der Waals surface area contributed by atoms with E-state index in [2.05, 4.69) is 15.9 Å². The van der Waals surface area contributed by atoms with Gasteiger partial charge in [0.25, 0.3) is 5.91 Å². The minimum atomic E-state index is 0.164. The minimum Gasteiger partial charge on any atom is -0.316 e. The van der Waals surface area contributed by atoms with Crippen molar-refractivity contribution in [2.24, 2.45) is 0 Å². The molecule has 13 heavy (non-hydrogen) atoms. The predicted octanol–water partition coefficient (Wildman–Crippen LogP) is 2.63. The van der Waals surface area contributed by atoms with Crippen LogP contribution in [0.15, 0.2) is 22.7 Å². The Labute approximate surface area is 87.3 Å². The Morgan fingerprint density at radius 2 is 2.31 bits per heavy atom. The van der Waals surface area contributed by atoms with Crippen LogP contribution >= 0.6 is 24.7 Å². The van der Waals surface area contributed by atoms with E-state index < -0.39 is 0 Å². The van der Waals surface area contributed by atoms with Crippen molar-refractivity contribution in [3.8, 4) is 0 Å². The van der Waals surface area contributed by atoms with Crippen molar-refractivity contribution in [2.45, 2.75) is 6.54 Å². The SMILES string of the molecule is CPN1Cc2c(Br)cccc2C1=O. The van der Waals surface area contributed by atoms with Crippen LogP contribution in [0.1, 0.15) is 15.9 Å². The highest BCUT2D eigenvalue weighted by molar-refractivity contribution is 9.10. The van der Waals surface area contributed by atoms with Crippen molar-refractivity contribution in [3.63, 3.8) is 0 Å². The maximum atomic E-state index is 11.7. The van der Waals surface area contributed by atoms with Crippen molar-refractivity contribution in [2.75, 3.05) is 6.66 Å². The lowest BCUT2D eigenvalue weighted by Gasteiger charge is -2.10. The number of hydrogen-bond acceptors (Lipinski definition) is 1. The lowest BCUT2D eigenvalue weighted by Crippen LogP contribution is -2.12. The molecule has 1 atom stereocenters. The summed E-state index contributed by atoms with van der Waals surface area (Å²) in [6.07, 6.45) is 0. The van der Waals surface area contributed by atoms with E-state index >= 15 is 0 Å². The molecule has 1 heterocycles. The molecule has 0 aliphatic carbocycles. The van der Waals surface area contributed by atoms with Crippen LogP contribution in [0, 0.1) is 0 Å². The number of benzene rings is 1. The summed E-state index contributed by atoms with van der Waals surface area (Å²) in [6, 6.07) is 5.78. The largest absolute Gasteiger partial charge is 0.316 e. The number of hydrogen-bond donors (Lipinski definition) is 0. The van der Waals surface area contributed by atoms with Crippen LogP contribution in [0.4, 0.5) is 0 Å². The molecular weight excluding hydrogens is 249 g/mol. The molecule has 68 valence electrons. The van der Waals surface area contributed by atoms with Crippen LogP contribution in [-0.4, -0.2) is 17.2 Å². The summed E-state index contributed by atoms with van der Waals surface area (Å²) in [4.78, 5) is 11.7. The highest BCUT2D eigenvalue weighted by Gasteiger charge is 2.27. The summed E-state index contributed by atoms with van der Waals surface area (Å²) in [5.41, 5.74) is 1.98. The third kappa shape index (κ3) is 1.40. The second kappa shape index (κ2) is 3.39. The molecule has 0 N–H and O–H groups in total. The third-order valence-corrected chi connectivity index (χ3v) is 3.82. The van der Waals surface area contributed by atoms with Gasteiger partial charge < -0.3 is 4.67 Å². The van der Waals surface area contributed by atoms with Gasteiger partial charge in [0.1, 0.15) is 0 Å². The number of nitrogens with zero attached hydrogens (tertiary/aromatic N) is 1. The van der Waals surface area contributed by atoms with Gasteiger partial charge in [-0.1, -0.05) is 22.0 Å². The Kier molecular flexibility index (Phi) is 2.39. The highest BCUT2D eigenvalue weighted by atomic mass is 79.9.